The number of benzene rings is 1. The zero-order valence-electron chi connectivity index (χ0n) is 12.7. The van der Waals surface area contributed by atoms with Gasteiger partial charge < -0.3 is 21.1 Å². The Morgan fingerprint density at radius 1 is 1.23 bits per heavy atom. The Balaban J connectivity index is 2.48. The van der Waals surface area contributed by atoms with Crippen LogP contribution in [-0.2, 0) is 10.9 Å². The Labute approximate surface area is 127 Å². The van der Waals surface area contributed by atoms with E-state index in [1.165, 1.54) is 12.1 Å². The van der Waals surface area contributed by atoms with Gasteiger partial charge in [-0.3, -0.25) is 0 Å². The number of rotatable bonds is 4. The Hall–Kier alpha value is -2.12. The minimum atomic E-state index is -4.50. The minimum Gasteiger partial charge on any atom is -0.444 e. The Morgan fingerprint density at radius 3 is 2.41 bits per heavy atom. The highest BCUT2D eigenvalue weighted by Gasteiger charge is 2.33. The topological polar surface area (TPSA) is 76.4 Å². The molecule has 0 aliphatic rings. The first kappa shape index (κ1) is 17.9. The number of alkyl carbamates (subject to hydrolysis) is 1. The van der Waals surface area contributed by atoms with Crippen LogP contribution in [0.15, 0.2) is 18.2 Å². The van der Waals surface area contributed by atoms with Gasteiger partial charge in [-0.25, -0.2) is 4.79 Å². The first-order chi connectivity index (χ1) is 9.99. The fourth-order valence-corrected chi connectivity index (χ4v) is 1.60. The number of nitrogen functional groups attached to an aromatic ring is 1. The maximum Gasteiger partial charge on any atom is 0.418 e. The molecule has 1 amide bonds. The quantitative estimate of drug-likeness (QED) is 0.588. The van der Waals surface area contributed by atoms with Crippen molar-refractivity contribution >= 4 is 17.5 Å². The van der Waals surface area contributed by atoms with Gasteiger partial charge in [-0.2, -0.15) is 13.2 Å². The van der Waals surface area contributed by atoms with Gasteiger partial charge in [0.15, 0.2) is 0 Å². The largest absolute Gasteiger partial charge is 0.444 e. The van der Waals surface area contributed by atoms with Crippen LogP contribution >= 0.6 is 0 Å². The van der Waals surface area contributed by atoms with Gasteiger partial charge >= 0.3 is 12.3 Å². The average molecular weight is 319 g/mol. The predicted molar refractivity (Wildman–Crippen MR) is 78.6 cm³/mol. The number of halogens is 3. The van der Waals surface area contributed by atoms with Crippen molar-refractivity contribution in [2.45, 2.75) is 32.5 Å². The second kappa shape index (κ2) is 6.76. The smallest absolute Gasteiger partial charge is 0.418 e. The van der Waals surface area contributed by atoms with Crippen LogP contribution in [0.2, 0.25) is 0 Å². The zero-order chi connectivity index (χ0) is 17.0. The number of nitrogens with two attached hydrogens (primary N) is 1. The SMILES string of the molecule is CC(C)(C)OC(=O)NCCNc1ccc(N)c(C(F)(F)F)c1. The third kappa shape index (κ3) is 6.11. The van der Waals surface area contributed by atoms with Crippen molar-refractivity contribution in [3.63, 3.8) is 0 Å². The molecule has 124 valence electrons. The van der Waals surface area contributed by atoms with Gasteiger partial charge in [0, 0.05) is 24.5 Å². The van der Waals surface area contributed by atoms with Crippen molar-refractivity contribution < 1.29 is 22.7 Å². The molecule has 1 aromatic rings. The molecule has 0 fully saturated rings. The van der Waals surface area contributed by atoms with Gasteiger partial charge in [0.1, 0.15) is 5.60 Å². The summed E-state index contributed by atoms with van der Waals surface area (Å²) in [6, 6.07) is 3.56. The van der Waals surface area contributed by atoms with E-state index in [0.717, 1.165) is 6.07 Å². The highest BCUT2D eigenvalue weighted by Crippen LogP contribution is 2.34. The third-order valence-corrected chi connectivity index (χ3v) is 2.48. The molecule has 1 rings (SSSR count). The van der Waals surface area contributed by atoms with Crippen molar-refractivity contribution in [2.24, 2.45) is 0 Å². The lowest BCUT2D eigenvalue weighted by Gasteiger charge is -2.19. The lowest BCUT2D eigenvalue weighted by molar-refractivity contribution is -0.136. The number of hydrogen-bond donors (Lipinski definition) is 3. The van der Waals surface area contributed by atoms with Crippen LogP contribution in [0.4, 0.5) is 29.3 Å². The molecular formula is C14H20F3N3O2. The van der Waals surface area contributed by atoms with Crippen LogP contribution < -0.4 is 16.4 Å². The number of alkyl halides is 3. The normalized spacial score (nSPS) is 11.9. The molecule has 0 heterocycles. The average Bonchev–Trinajstić information content (AvgIpc) is 2.33. The molecule has 8 heteroatoms. The van der Waals surface area contributed by atoms with Crippen LogP contribution in [-0.4, -0.2) is 24.8 Å². The second-order valence-corrected chi connectivity index (χ2v) is 5.66. The fourth-order valence-electron chi connectivity index (χ4n) is 1.60. The Morgan fingerprint density at radius 2 is 1.86 bits per heavy atom. The summed E-state index contributed by atoms with van der Waals surface area (Å²) in [4.78, 5) is 11.4. The van der Waals surface area contributed by atoms with Crippen LogP contribution in [0.1, 0.15) is 26.3 Å². The molecule has 0 unspecified atom stereocenters. The van der Waals surface area contributed by atoms with Crippen molar-refractivity contribution in [1.82, 2.24) is 5.32 Å². The molecule has 0 spiro atoms. The van der Waals surface area contributed by atoms with Crippen LogP contribution in [0.3, 0.4) is 0 Å². The number of amides is 1. The summed E-state index contributed by atoms with van der Waals surface area (Å²) >= 11 is 0. The Bertz CT molecular complexity index is 525. The summed E-state index contributed by atoms with van der Waals surface area (Å²) in [7, 11) is 0. The standard InChI is InChI=1S/C14H20F3N3O2/c1-13(2,3)22-12(21)20-7-6-19-9-4-5-11(18)10(8-9)14(15,16)17/h4-5,8,19H,6-7,18H2,1-3H3,(H,20,21). The van der Waals surface area contributed by atoms with Gasteiger partial charge in [-0.15, -0.1) is 0 Å². The Kier molecular flexibility index (Phi) is 5.51. The van der Waals surface area contributed by atoms with Gasteiger partial charge in [-0.1, -0.05) is 0 Å². The number of anilines is 2. The molecule has 4 N–H and O–H groups in total. The first-order valence-corrected chi connectivity index (χ1v) is 6.66. The second-order valence-electron chi connectivity index (χ2n) is 5.66. The summed E-state index contributed by atoms with van der Waals surface area (Å²) in [6.45, 7) is 5.66. The van der Waals surface area contributed by atoms with E-state index in [9.17, 15) is 18.0 Å². The van der Waals surface area contributed by atoms with Crippen molar-refractivity contribution in [3.8, 4) is 0 Å². The molecule has 0 saturated carbocycles. The number of hydrogen-bond acceptors (Lipinski definition) is 4. The molecule has 0 atom stereocenters. The minimum absolute atomic E-state index is 0.209. The van der Waals surface area contributed by atoms with E-state index in [0.29, 0.717) is 0 Å². The summed E-state index contributed by atoms with van der Waals surface area (Å²) in [6.07, 6.45) is -5.08. The molecule has 1 aromatic carbocycles. The van der Waals surface area contributed by atoms with E-state index in [1.54, 1.807) is 20.8 Å². The van der Waals surface area contributed by atoms with E-state index in [1.807, 2.05) is 0 Å². The van der Waals surface area contributed by atoms with Gasteiger partial charge in [0.2, 0.25) is 0 Å². The first-order valence-electron chi connectivity index (χ1n) is 6.66. The molecule has 0 bridgehead atoms. The monoisotopic (exact) mass is 319 g/mol. The number of ether oxygens (including phenoxy) is 1. The van der Waals surface area contributed by atoms with E-state index in [2.05, 4.69) is 10.6 Å². The molecular weight excluding hydrogens is 299 g/mol. The van der Waals surface area contributed by atoms with Gasteiger partial charge in [0.25, 0.3) is 0 Å². The lowest BCUT2D eigenvalue weighted by atomic mass is 10.1. The summed E-state index contributed by atoms with van der Waals surface area (Å²) < 4.78 is 43.1. The maximum atomic E-state index is 12.7. The highest BCUT2D eigenvalue weighted by molar-refractivity contribution is 5.67. The van der Waals surface area contributed by atoms with E-state index >= 15 is 0 Å². The molecule has 22 heavy (non-hydrogen) atoms. The van der Waals surface area contributed by atoms with Crippen LogP contribution in [0.25, 0.3) is 0 Å². The van der Waals surface area contributed by atoms with Crippen molar-refractivity contribution in [2.75, 3.05) is 24.1 Å². The van der Waals surface area contributed by atoms with Crippen molar-refractivity contribution in [1.29, 1.82) is 0 Å². The number of nitrogens with one attached hydrogen (secondary N) is 2. The molecule has 0 aliphatic heterocycles. The molecule has 0 aliphatic carbocycles. The van der Waals surface area contributed by atoms with E-state index in [4.69, 9.17) is 10.5 Å². The number of carbonyl (C=O) groups is 1. The van der Waals surface area contributed by atoms with Crippen molar-refractivity contribution in [3.05, 3.63) is 23.8 Å². The maximum absolute atomic E-state index is 12.7. The van der Waals surface area contributed by atoms with E-state index < -0.39 is 23.4 Å². The summed E-state index contributed by atoms with van der Waals surface area (Å²) in [5, 5.41) is 5.27. The predicted octanol–water partition coefficient (Wildman–Crippen LogP) is 3.22. The van der Waals surface area contributed by atoms with Crippen LogP contribution in [0.5, 0.6) is 0 Å². The van der Waals surface area contributed by atoms with Crippen LogP contribution in [0, 0.1) is 0 Å². The van der Waals surface area contributed by atoms with Gasteiger partial charge in [-0.05, 0) is 39.0 Å². The molecule has 5 nitrogen and oxygen atoms in total. The highest BCUT2D eigenvalue weighted by atomic mass is 19.4. The zero-order valence-corrected chi connectivity index (χ0v) is 12.7. The summed E-state index contributed by atoms with van der Waals surface area (Å²) in [5.74, 6) is 0. The molecule has 0 radical (unpaired) electrons. The third-order valence-electron chi connectivity index (χ3n) is 2.48. The molecule has 0 aromatic heterocycles. The number of carbonyl (C=O) groups excluding carboxylic acids is 1. The fraction of sp³-hybridized carbons (Fsp3) is 0.500. The van der Waals surface area contributed by atoms with E-state index in [-0.39, 0.29) is 24.5 Å². The summed E-state index contributed by atoms with van der Waals surface area (Å²) in [5.41, 5.74) is 3.76. The lowest BCUT2D eigenvalue weighted by Crippen LogP contribution is -2.35. The molecule has 0 saturated heterocycles. The van der Waals surface area contributed by atoms with Gasteiger partial charge in [0.05, 0.1) is 5.56 Å².